The minimum atomic E-state index is -1.36. The third-order valence-electron chi connectivity index (χ3n) is 5.63. The van der Waals surface area contributed by atoms with Crippen LogP contribution in [-0.2, 0) is 9.53 Å². The smallest absolute Gasteiger partial charge is 0.237 e. The van der Waals surface area contributed by atoms with Gasteiger partial charge in [-0.3, -0.25) is 9.69 Å². The number of nitrogens with one attached hydrogen (secondary N) is 1. The first-order valence-electron chi connectivity index (χ1n) is 9.58. The molecule has 2 aliphatic heterocycles. The highest BCUT2D eigenvalue weighted by Gasteiger charge is 2.48. The van der Waals surface area contributed by atoms with Crippen molar-refractivity contribution in [3.63, 3.8) is 0 Å². The summed E-state index contributed by atoms with van der Waals surface area (Å²) >= 11 is 7.55. The van der Waals surface area contributed by atoms with Crippen LogP contribution in [-0.4, -0.2) is 93.3 Å². The topological polar surface area (TPSA) is 102 Å². The van der Waals surface area contributed by atoms with E-state index in [9.17, 15) is 20.1 Å². The van der Waals surface area contributed by atoms with Gasteiger partial charge in [-0.15, -0.1) is 23.4 Å². The summed E-state index contributed by atoms with van der Waals surface area (Å²) in [6.45, 7) is 4.74. The molecular formula is C18H33ClN2O5S. The lowest BCUT2D eigenvalue weighted by Crippen LogP contribution is -2.65. The predicted molar refractivity (Wildman–Crippen MR) is 107 cm³/mol. The largest absolute Gasteiger partial charge is 0.388 e. The number of amides is 1. The zero-order valence-corrected chi connectivity index (χ0v) is 18.0. The van der Waals surface area contributed by atoms with Gasteiger partial charge < -0.3 is 25.4 Å². The Labute approximate surface area is 170 Å². The first-order chi connectivity index (χ1) is 12.7. The third-order valence-corrected chi connectivity index (χ3v) is 6.76. The molecule has 0 bridgehead atoms. The molecule has 2 fully saturated rings. The number of likely N-dealkylation sites (N-methyl/N-ethyl adjacent to an activating group) is 1. The molecule has 0 saturated carbocycles. The van der Waals surface area contributed by atoms with E-state index in [1.165, 1.54) is 11.8 Å². The van der Waals surface area contributed by atoms with E-state index in [1.807, 2.05) is 11.9 Å². The Bertz CT molecular complexity index is 498. The molecule has 158 valence electrons. The lowest BCUT2D eigenvalue weighted by molar-refractivity contribution is -0.205. The molecule has 0 spiro atoms. The van der Waals surface area contributed by atoms with Gasteiger partial charge in [0.1, 0.15) is 29.9 Å². The van der Waals surface area contributed by atoms with Crippen molar-refractivity contribution in [2.45, 2.75) is 80.4 Å². The van der Waals surface area contributed by atoms with Crippen molar-refractivity contribution in [2.24, 2.45) is 5.92 Å². The van der Waals surface area contributed by atoms with Crippen LogP contribution in [0, 0.1) is 5.92 Å². The Morgan fingerprint density at radius 3 is 2.56 bits per heavy atom. The maximum Gasteiger partial charge on any atom is 0.237 e. The average molecular weight is 425 g/mol. The van der Waals surface area contributed by atoms with Crippen LogP contribution in [0.25, 0.3) is 0 Å². The Morgan fingerprint density at radius 2 is 2.00 bits per heavy atom. The first-order valence-corrected chi connectivity index (χ1v) is 11.3. The van der Waals surface area contributed by atoms with Crippen molar-refractivity contribution in [3.05, 3.63) is 0 Å². The standard InChI is InChI=1S/C18H33ClN2O5S/c1-5-6-10-7-11(21(3)8-10)17(25)20-12(9(2)19)16-14(23)13(22)15(24)18(26-16)27-4/h9-16,18,22-24H,5-8H2,1-4H3,(H,20,25)/t9-,10+,11-,12+,13-,14+,15-,16-,18-/m0/s1. The second-order valence-electron chi connectivity index (χ2n) is 7.73. The lowest BCUT2D eigenvalue weighted by Gasteiger charge is -2.44. The van der Waals surface area contributed by atoms with Crippen LogP contribution < -0.4 is 5.32 Å². The van der Waals surface area contributed by atoms with E-state index < -0.39 is 41.3 Å². The van der Waals surface area contributed by atoms with Crippen molar-refractivity contribution < 1.29 is 24.9 Å². The van der Waals surface area contributed by atoms with Gasteiger partial charge >= 0.3 is 0 Å². The molecule has 0 aromatic heterocycles. The fourth-order valence-corrected chi connectivity index (χ4v) is 5.00. The number of aliphatic hydroxyl groups excluding tert-OH is 3. The van der Waals surface area contributed by atoms with Crippen molar-refractivity contribution in [1.82, 2.24) is 10.2 Å². The molecule has 2 saturated heterocycles. The average Bonchev–Trinajstić information content (AvgIpc) is 2.99. The number of hydrogen-bond donors (Lipinski definition) is 4. The van der Waals surface area contributed by atoms with Crippen molar-refractivity contribution in [1.29, 1.82) is 0 Å². The van der Waals surface area contributed by atoms with Crippen LogP contribution in [0.4, 0.5) is 0 Å². The molecule has 2 rings (SSSR count). The summed E-state index contributed by atoms with van der Waals surface area (Å²) in [5.41, 5.74) is -0.702. The summed E-state index contributed by atoms with van der Waals surface area (Å²) in [7, 11) is 1.94. The summed E-state index contributed by atoms with van der Waals surface area (Å²) in [5, 5.41) is 33.0. The Kier molecular flexibility index (Phi) is 8.67. The van der Waals surface area contributed by atoms with Gasteiger partial charge in [-0.05, 0) is 39.0 Å². The van der Waals surface area contributed by atoms with Gasteiger partial charge in [0, 0.05) is 6.54 Å². The van der Waals surface area contributed by atoms with Crippen LogP contribution in [0.3, 0.4) is 0 Å². The third kappa shape index (κ3) is 5.29. The monoisotopic (exact) mass is 424 g/mol. The minimum Gasteiger partial charge on any atom is -0.388 e. The molecule has 9 heteroatoms. The molecule has 9 atom stereocenters. The van der Waals surface area contributed by atoms with Crippen LogP contribution >= 0.6 is 23.4 Å². The summed E-state index contributed by atoms with van der Waals surface area (Å²) in [6.07, 6.45) is -0.0980. The SMILES string of the molecule is CCC[C@@H]1C[C@@H](C(=O)N[C@@H]([C@@H]2O[C@@H](SC)[C@@H](O)[C@@H](O)[C@H]2O)[C@H](C)Cl)N(C)C1. The van der Waals surface area contributed by atoms with E-state index in [2.05, 4.69) is 12.2 Å². The fourth-order valence-electron chi connectivity index (χ4n) is 4.11. The van der Waals surface area contributed by atoms with Gasteiger partial charge in [0.05, 0.1) is 17.5 Å². The van der Waals surface area contributed by atoms with Crippen LogP contribution in [0.1, 0.15) is 33.1 Å². The first kappa shape index (κ1) is 23.2. The van der Waals surface area contributed by atoms with Gasteiger partial charge in [-0.2, -0.15) is 0 Å². The molecule has 0 radical (unpaired) electrons. The molecule has 0 unspecified atom stereocenters. The lowest BCUT2D eigenvalue weighted by atomic mass is 9.92. The number of ether oxygens (including phenoxy) is 1. The molecule has 1 amide bonds. The quantitative estimate of drug-likeness (QED) is 0.438. The predicted octanol–water partition coefficient (Wildman–Crippen LogP) is 0.390. The number of rotatable bonds is 7. The number of carbonyl (C=O) groups is 1. The molecule has 0 aromatic rings. The summed E-state index contributed by atoms with van der Waals surface area (Å²) in [5.74, 6) is 0.350. The Hall–Kier alpha value is -0.0900. The highest BCUT2D eigenvalue weighted by molar-refractivity contribution is 7.99. The van der Waals surface area contributed by atoms with Crippen LogP contribution in [0.15, 0.2) is 0 Å². The molecule has 2 aliphatic rings. The molecule has 2 heterocycles. The molecule has 4 N–H and O–H groups in total. The molecule has 0 aromatic carbocycles. The van der Waals surface area contributed by atoms with Crippen molar-refractivity contribution >= 4 is 29.3 Å². The van der Waals surface area contributed by atoms with Crippen molar-refractivity contribution in [2.75, 3.05) is 19.8 Å². The zero-order valence-electron chi connectivity index (χ0n) is 16.4. The van der Waals surface area contributed by atoms with E-state index in [0.717, 1.165) is 25.8 Å². The van der Waals surface area contributed by atoms with Gasteiger partial charge in [-0.25, -0.2) is 0 Å². The summed E-state index contributed by atoms with van der Waals surface area (Å²) in [6, 6.07) is -0.934. The van der Waals surface area contributed by atoms with Gasteiger partial charge in [0.15, 0.2) is 0 Å². The van der Waals surface area contributed by atoms with Crippen molar-refractivity contribution in [3.8, 4) is 0 Å². The summed E-state index contributed by atoms with van der Waals surface area (Å²) < 4.78 is 5.79. The highest BCUT2D eigenvalue weighted by atomic mass is 35.5. The van der Waals surface area contributed by atoms with E-state index >= 15 is 0 Å². The fraction of sp³-hybridized carbons (Fsp3) is 0.944. The number of hydrogen-bond acceptors (Lipinski definition) is 7. The number of alkyl halides is 1. The zero-order chi connectivity index (χ0) is 20.3. The van der Waals surface area contributed by atoms with E-state index in [4.69, 9.17) is 16.3 Å². The second-order valence-corrected chi connectivity index (χ2v) is 9.36. The van der Waals surface area contributed by atoms with Gasteiger partial charge in [0.25, 0.3) is 0 Å². The van der Waals surface area contributed by atoms with Crippen LogP contribution in [0.5, 0.6) is 0 Å². The number of carbonyl (C=O) groups excluding carboxylic acids is 1. The number of nitrogens with zero attached hydrogens (tertiary/aromatic N) is 1. The van der Waals surface area contributed by atoms with E-state index in [1.54, 1.807) is 13.2 Å². The van der Waals surface area contributed by atoms with Gasteiger partial charge in [0.2, 0.25) is 5.91 Å². The van der Waals surface area contributed by atoms with Gasteiger partial charge in [-0.1, -0.05) is 13.3 Å². The van der Waals surface area contributed by atoms with E-state index in [0.29, 0.717) is 5.92 Å². The van der Waals surface area contributed by atoms with E-state index in [-0.39, 0.29) is 11.9 Å². The molecular weight excluding hydrogens is 392 g/mol. The maximum atomic E-state index is 12.9. The van der Waals surface area contributed by atoms with Crippen LogP contribution in [0.2, 0.25) is 0 Å². The minimum absolute atomic E-state index is 0.147. The number of halogens is 1. The number of likely N-dealkylation sites (tertiary alicyclic amines) is 1. The summed E-state index contributed by atoms with van der Waals surface area (Å²) in [4.78, 5) is 14.9. The second kappa shape index (κ2) is 10.1. The number of aliphatic hydroxyl groups is 3. The Balaban J connectivity index is 2.09. The maximum absolute atomic E-state index is 12.9. The highest BCUT2D eigenvalue weighted by Crippen LogP contribution is 2.31. The molecule has 27 heavy (non-hydrogen) atoms. The number of thioether (sulfide) groups is 1. The molecule has 7 nitrogen and oxygen atoms in total. The Morgan fingerprint density at radius 1 is 1.33 bits per heavy atom. The normalized spacial score (nSPS) is 39.9. The molecule has 0 aliphatic carbocycles.